The Morgan fingerprint density at radius 2 is 1.63 bits per heavy atom. The Balaban J connectivity index is 1.75. The number of carbonyl (C=O) groups excluding carboxylic acids is 3. The Bertz CT molecular complexity index is 789. The molecular weight excluding hydrogens is 380 g/mol. The average Bonchev–Trinajstić information content (AvgIpc) is 2.97. The van der Waals surface area contributed by atoms with Gasteiger partial charge in [0.05, 0.1) is 24.5 Å². The van der Waals surface area contributed by atoms with Crippen LogP contribution >= 0.6 is 0 Å². The Kier molecular flexibility index (Phi) is 6.95. The number of rotatable bonds is 8. The monoisotopic (exact) mass is 412 g/mol. The molecule has 3 rings (SSSR count). The molecule has 0 bridgehead atoms. The predicted octanol–water partition coefficient (Wildman–Crippen LogP) is 3.63. The fourth-order valence-electron chi connectivity index (χ4n) is 4.32. The smallest absolute Gasteiger partial charge is 0.243 e. The standard InChI is InChI=1S/C24H32N2O4/c1-5-30-18-12-10-17(11-13-18)16(4)25-22(27)21(14-15(2)3)26-23(28)19-8-6-7-9-20(19)24(26)29/h6-7,10-13,15-16,19-21H,5,8-9,14H2,1-4H3,(H,25,27). The van der Waals surface area contributed by atoms with Gasteiger partial charge in [-0.3, -0.25) is 19.3 Å². The van der Waals surface area contributed by atoms with Crippen LogP contribution in [0.4, 0.5) is 0 Å². The fraction of sp³-hybridized carbons (Fsp3) is 0.542. The molecule has 1 aliphatic carbocycles. The molecule has 6 heteroatoms. The van der Waals surface area contributed by atoms with Gasteiger partial charge in [0.2, 0.25) is 17.7 Å². The van der Waals surface area contributed by atoms with Gasteiger partial charge in [-0.15, -0.1) is 0 Å². The molecule has 30 heavy (non-hydrogen) atoms. The van der Waals surface area contributed by atoms with Gasteiger partial charge in [0.25, 0.3) is 0 Å². The number of nitrogens with one attached hydrogen (secondary N) is 1. The predicted molar refractivity (Wildman–Crippen MR) is 115 cm³/mol. The lowest BCUT2D eigenvalue weighted by Crippen LogP contribution is -2.51. The number of hydrogen-bond donors (Lipinski definition) is 1. The molecule has 1 aromatic carbocycles. The molecule has 0 aromatic heterocycles. The van der Waals surface area contributed by atoms with Crippen molar-refractivity contribution >= 4 is 17.7 Å². The van der Waals surface area contributed by atoms with Crippen LogP contribution in [0.15, 0.2) is 36.4 Å². The van der Waals surface area contributed by atoms with E-state index in [9.17, 15) is 14.4 Å². The van der Waals surface area contributed by atoms with E-state index in [4.69, 9.17) is 4.74 Å². The summed E-state index contributed by atoms with van der Waals surface area (Å²) in [5.74, 6) is -0.391. The van der Waals surface area contributed by atoms with Crippen molar-refractivity contribution < 1.29 is 19.1 Å². The van der Waals surface area contributed by atoms with E-state index in [1.165, 1.54) is 4.90 Å². The highest BCUT2D eigenvalue weighted by atomic mass is 16.5. The van der Waals surface area contributed by atoms with Crippen molar-refractivity contribution in [2.75, 3.05) is 6.61 Å². The quantitative estimate of drug-likeness (QED) is 0.523. The van der Waals surface area contributed by atoms with Crippen LogP contribution in [0.1, 0.15) is 58.6 Å². The van der Waals surface area contributed by atoms with Gasteiger partial charge >= 0.3 is 0 Å². The molecule has 162 valence electrons. The van der Waals surface area contributed by atoms with Crippen LogP contribution in [0, 0.1) is 17.8 Å². The minimum Gasteiger partial charge on any atom is -0.494 e. The first-order valence-electron chi connectivity index (χ1n) is 10.9. The minimum atomic E-state index is -0.777. The Morgan fingerprint density at radius 3 is 2.13 bits per heavy atom. The molecule has 0 saturated carbocycles. The van der Waals surface area contributed by atoms with Crippen LogP contribution in [-0.2, 0) is 14.4 Å². The number of nitrogens with zero attached hydrogens (tertiary/aromatic N) is 1. The number of likely N-dealkylation sites (tertiary alicyclic amines) is 1. The topological polar surface area (TPSA) is 75.7 Å². The summed E-state index contributed by atoms with van der Waals surface area (Å²) in [6.45, 7) is 8.42. The summed E-state index contributed by atoms with van der Waals surface area (Å²) >= 11 is 0. The van der Waals surface area contributed by atoms with Gasteiger partial charge in [-0.2, -0.15) is 0 Å². The zero-order valence-corrected chi connectivity index (χ0v) is 18.3. The SMILES string of the molecule is CCOc1ccc(C(C)NC(=O)C(CC(C)C)N2C(=O)C3CC=CCC3C2=O)cc1. The van der Waals surface area contributed by atoms with E-state index in [1.54, 1.807) is 0 Å². The molecule has 1 saturated heterocycles. The fourth-order valence-corrected chi connectivity index (χ4v) is 4.32. The Hall–Kier alpha value is -2.63. The summed E-state index contributed by atoms with van der Waals surface area (Å²) in [5.41, 5.74) is 0.937. The summed E-state index contributed by atoms with van der Waals surface area (Å²) in [4.78, 5) is 40.5. The van der Waals surface area contributed by atoms with Crippen LogP contribution in [0.25, 0.3) is 0 Å². The Labute approximate surface area is 178 Å². The lowest BCUT2D eigenvalue weighted by Gasteiger charge is -2.28. The van der Waals surface area contributed by atoms with Gasteiger partial charge in [-0.1, -0.05) is 38.1 Å². The molecule has 1 N–H and O–H groups in total. The second kappa shape index (κ2) is 9.45. The maximum Gasteiger partial charge on any atom is 0.243 e. The number of hydrogen-bond acceptors (Lipinski definition) is 4. The molecule has 1 aromatic rings. The third kappa shape index (κ3) is 4.58. The molecular formula is C24H32N2O4. The number of benzene rings is 1. The molecule has 0 radical (unpaired) electrons. The minimum absolute atomic E-state index is 0.169. The second-order valence-electron chi connectivity index (χ2n) is 8.58. The van der Waals surface area contributed by atoms with Gasteiger partial charge < -0.3 is 10.1 Å². The van der Waals surface area contributed by atoms with E-state index in [-0.39, 0.29) is 41.5 Å². The first kappa shape index (κ1) is 22.1. The molecule has 4 unspecified atom stereocenters. The van der Waals surface area contributed by atoms with Crippen molar-refractivity contribution in [3.8, 4) is 5.75 Å². The first-order chi connectivity index (χ1) is 14.3. The van der Waals surface area contributed by atoms with Crippen molar-refractivity contribution in [2.24, 2.45) is 17.8 Å². The highest BCUT2D eigenvalue weighted by Gasteiger charge is 2.51. The molecule has 0 spiro atoms. The van der Waals surface area contributed by atoms with Crippen LogP contribution < -0.4 is 10.1 Å². The lowest BCUT2D eigenvalue weighted by molar-refractivity contribution is -0.148. The van der Waals surface area contributed by atoms with Crippen molar-refractivity contribution in [3.05, 3.63) is 42.0 Å². The largest absolute Gasteiger partial charge is 0.494 e. The van der Waals surface area contributed by atoms with E-state index < -0.39 is 6.04 Å². The molecule has 6 nitrogen and oxygen atoms in total. The average molecular weight is 413 g/mol. The van der Waals surface area contributed by atoms with E-state index >= 15 is 0 Å². The summed E-state index contributed by atoms with van der Waals surface area (Å²) in [6.07, 6.45) is 5.52. The molecule has 4 atom stereocenters. The second-order valence-corrected chi connectivity index (χ2v) is 8.58. The number of carbonyl (C=O) groups is 3. The molecule has 2 aliphatic rings. The third-order valence-electron chi connectivity index (χ3n) is 5.90. The maximum atomic E-state index is 13.2. The zero-order chi connectivity index (χ0) is 21.8. The van der Waals surface area contributed by atoms with Gasteiger partial charge in [-0.25, -0.2) is 0 Å². The van der Waals surface area contributed by atoms with Crippen LogP contribution in [-0.4, -0.2) is 35.3 Å². The number of allylic oxidation sites excluding steroid dienone is 2. The highest BCUT2D eigenvalue weighted by molar-refractivity contribution is 6.08. The zero-order valence-electron chi connectivity index (χ0n) is 18.3. The van der Waals surface area contributed by atoms with Crippen molar-refractivity contribution in [2.45, 2.75) is 59.0 Å². The number of fused-ring (bicyclic) bond motifs is 1. The highest BCUT2D eigenvalue weighted by Crippen LogP contribution is 2.37. The maximum absolute atomic E-state index is 13.2. The molecule has 1 aliphatic heterocycles. The number of imide groups is 1. The van der Waals surface area contributed by atoms with Gasteiger partial charge in [0.1, 0.15) is 11.8 Å². The third-order valence-corrected chi connectivity index (χ3v) is 5.90. The summed E-state index contributed by atoms with van der Waals surface area (Å²) in [5, 5.41) is 3.01. The summed E-state index contributed by atoms with van der Waals surface area (Å²) in [7, 11) is 0. The van der Waals surface area contributed by atoms with E-state index in [2.05, 4.69) is 5.32 Å². The van der Waals surface area contributed by atoms with Crippen LogP contribution in [0.5, 0.6) is 5.75 Å². The van der Waals surface area contributed by atoms with Crippen LogP contribution in [0.3, 0.4) is 0 Å². The number of ether oxygens (including phenoxy) is 1. The Morgan fingerprint density at radius 1 is 1.07 bits per heavy atom. The van der Waals surface area contributed by atoms with Gasteiger partial charge in [0, 0.05) is 0 Å². The van der Waals surface area contributed by atoms with Gasteiger partial charge in [0.15, 0.2) is 0 Å². The normalized spacial score (nSPS) is 22.8. The first-order valence-corrected chi connectivity index (χ1v) is 10.9. The van der Waals surface area contributed by atoms with Crippen LogP contribution in [0.2, 0.25) is 0 Å². The van der Waals surface area contributed by atoms with Gasteiger partial charge in [-0.05, 0) is 56.7 Å². The number of amides is 3. The van der Waals surface area contributed by atoms with E-state index in [1.807, 2.05) is 64.1 Å². The van der Waals surface area contributed by atoms with Crippen molar-refractivity contribution in [3.63, 3.8) is 0 Å². The summed E-state index contributed by atoms with van der Waals surface area (Å²) < 4.78 is 5.47. The van der Waals surface area contributed by atoms with Crippen molar-refractivity contribution in [1.29, 1.82) is 0 Å². The summed E-state index contributed by atoms with van der Waals surface area (Å²) in [6, 6.07) is 6.55. The van der Waals surface area contributed by atoms with E-state index in [0.717, 1.165) is 11.3 Å². The molecule has 3 amide bonds. The molecule has 1 heterocycles. The molecule has 1 fully saturated rings. The lowest BCUT2D eigenvalue weighted by atomic mass is 9.85. The van der Waals surface area contributed by atoms with Crippen molar-refractivity contribution in [1.82, 2.24) is 10.2 Å². The van der Waals surface area contributed by atoms with E-state index in [0.29, 0.717) is 25.9 Å².